The molecule has 0 saturated heterocycles. The largest absolute Gasteiger partial charge is 0.491 e. The Kier molecular flexibility index (Phi) is 3.96. The zero-order chi connectivity index (χ0) is 16.4. The van der Waals surface area contributed by atoms with E-state index in [1.165, 1.54) is 12.4 Å². The molecular formula is C16H17N3O3S. The van der Waals surface area contributed by atoms with Crippen LogP contribution in [0.3, 0.4) is 0 Å². The monoisotopic (exact) mass is 331 g/mol. The molecule has 120 valence electrons. The number of aromatic nitrogens is 2. The summed E-state index contributed by atoms with van der Waals surface area (Å²) < 4.78 is 33.0. The predicted molar refractivity (Wildman–Crippen MR) is 89.1 cm³/mol. The number of anilines is 1. The van der Waals surface area contributed by atoms with E-state index < -0.39 is 10.0 Å². The van der Waals surface area contributed by atoms with Crippen LogP contribution in [0.4, 0.5) is 5.69 Å². The Morgan fingerprint density at radius 3 is 2.57 bits per heavy atom. The van der Waals surface area contributed by atoms with Gasteiger partial charge in [-0.2, -0.15) is 0 Å². The van der Waals surface area contributed by atoms with E-state index in [0.717, 1.165) is 5.52 Å². The molecule has 0 fully saturated rings. The van der Waals surface area contributed by atoms with Crippen molar-refractivity contribution >= 4 is 26.7 Å². The van der Waals surface area contributed by atoms with Crippen LogP contribution in [-0.2, 0) is 10.0 Å². The first-order valence-corrected chi connectivity index (χ1v) is 8.65. The molecule has 2 aromatic carbocycles. The minimum absolute atomic E-state index is 0.0682. The molecule has 0 saturated carbocycles. The van der Waals surface area contributed by atoms with Gasteiger partial charge in [-0.25, -0.2) is 13.4 Å². The van der Waals surface area contributed by atoms with Crippen LogP contribution in [0.15, 0.2) is 53.7 Å². The summed E-state index contributed by atoms with van der Waals surface area (Å²) in [5, 5.41) is 0. The Hall–Kier alpha value is -2.54. The average Bonchev–Trinajstić information content (AvgIpc) is 2.96. The van der Waals surface area contributed by atoms with Gasteiger partial charge < -0.3 is 9.72 Å². The van der Waals surface area contributed by atoms with E-state index in [9.17, 15) is 8.42 Å². The van der Waals surface area contributed by atoms with Crippen LogP contribution in [0.25, 0.3) is 11.0 Å². The van der Waals surface area contributed by atoms with Crippen molar-refractivity contribution in [2.45, 2.75) is 24.8 Å². The number of aromatic amines is 1. The van der Waals surface area contributed by atoms with Crippen LogP contribution in [0.5, 0.6) is 5.75 Å². The standard InChI is InChI=1S/C16H17N3O3S/c1-11(2)22-13-5-3-12(4-6-13)19-23(20,21)14-7-8-15-16(9-14)18-10-17-15/h3-11,19H,1-2H3,(H,17,18). The SMILES string of the molecule is CC(C)Oc1ccc(NS(=O)(=O)c2ccc3nc[nH]c3c2)cc1. The lowest BCUT2D eigenvalue weighted by molar-refractivity contribution is 0.242. The third-order valence-corrected chi connectivity index (χ3v) is 4.56. The number of rotatable bonds is 5. The van der Waals surface area contributed by atoms with Gasteiger partial charge in [0.05, 0.1) is 28.4 Å². The van der Waals surface area contributed by atoms with Crippen molar-refractivity contribution in [1.82, 2.24) is 9.97 Å². The lowest BCUT2D eigenvalue weighted by Crippen LogP contribution is -2.13. The molecule has 23 heavy (non-hydrogen) atoms. The van der Waals surface area contributed by atoms with Crippen LogP contribution < -0.4 is 9.46 Å². The molecule has 0 bridgehead atoms. The second-order valence-electron chi connectivity index (χ2n) is 5.38. The van der Waals surface area contributed by atoms with Gasteiger partial charge in [-0.1, -0.05) is 0 Å². The molecule has 0 aliphatic carbocycles. The van der Waals surface area contributed by atoms with E-state index in [4.69, 9.17) is 4.74 Å². The van der Waals surface area contributed by atoms with Gasteiger partial charge >= 0.3 is 0 Å². The van der Waals surface area contributed by atoms with Crippen LogP contribution in [0, 0.1) is 0 Å². The normalized spacial score (nSPS) is 11.8. The number of imidazole rings is 1. The van der Waals surface area contributed by atoms with Gasteiger partial charge in [-0.05, 0) is 56.3 Å². The molecule has 1 aromatic heterocycles. The first-order valence-electron chi connectivity index (χ1n) is 7.17. The molecule has 0 spiro atoms. The van der Waals surface area contributed by atoms with E-state index in [-0.39, 0.29) is 11.0 Å². The first kappa shape index (κ1) is 15.4. The molecule has 7 heteroatoms. The Morgan fingerprint density at radius 2 is 1.87 bits per heavy atom. The fraction of sp³-hybridized carbons (Fsp3) is 0.188. The number of nitrogens with one attached hydrogen (secondary N) is 2. The molecule has 0 aliphatic rings. The van der Waals surface area contributed by atoms with Crippen molar-refractivity contribution < 1.29 is 13.2 Å². The Balaban J connectivity index is 1.82. The fourth-order valence-electron chi connectivity index (χ4n) is 2.17. The number of benzene rings is 2. The molecule has 0 aliphatic heterocycles. The molecule has 0 unspecified atom stereocenters. The fourth-order valence-corrected chi connectivity index (χ4v) is 3.25. The number of sulfonamides is 1. The number of fused-ring (bicyclic) bond motifs is 1. The molecule has 0 amide bonds. The third kappa shape index (κ3) is 3.45. The predicted octanol–water partition coefficient (Wildman–Crippen LogP) is 3.15. The summed E-state index contributed by atoms with van der Waals surface area (Å²) in [5.41, 5.74) is 1.87. The van der Waals surface area contributed by atoms with Crippen LogP contribution in [0.1, 0.15) is 13.8 Å². The van der Waals surface area contributed by atoms with Crippen molar-refractivity contribution in [3.05, 3.63) is 48.8 Å². The van der Waals surface area contributed by atoms with Gasteiger partial charge in [-0.3, -0.25) is 4.72 Å². The van der Waals surface area contributed by atoms with Gasteiger partial charge in [0.2, 0.25) is 0 Å². The average molecular weight is 331 g/mol. The number of nitrogens with zero attached hydrogens (tertiary/aromatic N) is 1. The summed E-state index contributed by atoms with van der Waals surface area (Å²) in [6.45, 7) is 3.87. The molecular weight excluding hydrogens is 314 g/mol. The zero-order valence-corrected chi connectivity index (χ0v) is 13.6. The van der Waals surface area contributed by atoms with Crippen molar-refractivity contribution in [3.63, 3.8) is 0 Å². The van der Waals surface area contributed by atoms with E-state index in [1.807, 2.05) is 13.8 Å². The Morgan fingerprint density at radius 1 is 1.13 bits per heavy atom. The van der Waals surface area contributed by atoms with Gasteiger partial charge in [0.25, 0.3) is 10.0 Å². The summed E-state index contributed by atoms with van der Waals surface area (Å²) >= 11 is 0. The maximum atomic E-state index is 12.5. The summed E-state index contributed by atoms with van der Waals surface area (Å²) in [7, 11) is -3.66. The summed E-state index contributed by atoms with van der Waals surface area (Å²) in [5.74, 6) is 0.696. The summed E-state index contributed by atoms with van der Waals surface area (Å²) in [6, 6.07) is 11.6. The van der Waals surface area contributed by atoms with Crippen molar-refractivity contribution in [2.24, 2.45) is 0 Å². The molecule has 0 radical (unpaired) electrons. The van der Waals surface area contributed by atoms with Crippen LogP contribution in [0.2, 0.25) is 0 Å². The zero-order valence-electron chi connectivity index (χ0n) is 12.8. The summed E-state index contributed by atoms with van der Waals surface area (Å²) in [4.78, 5) is 7.15. The van der Waals surface area contributed by atoms with Gasteiger partial charge in [0.15, 0.2) is 0 Å². The minimum Gasteiger partial charge on any atom is -0.491 e. The molecule has 1 heterocycles. The molecule has 2 N–H and O–H groups in total. The molecule has 0 atom stereocenters. The second kappa shape index (κ2) is 5.92. The maximum absolute atomic E-state index is 12.5. The van der Waals surface area contributed by atoms with E-state index in [0.29, 0.717) is 17.0 Å². The smallest absolute Gasteiger partial charge is 0.261 e. The highest BCUT2D eigenvalue weighted by Crippen LogP contribution is 2.22. The topological polar surface area (TPSA) is 84.1 Å². The second-order valence-corrected chi connectivity index (χ2v) is 7.06. The lowest BCUT2D eigenvalue weighted by Gasteiger charge is -2.11. The van der Waals surface area contributed by atoms with Gasteiger partial charge in [0, 0.05) is 5.69 Å². The van der Waals surface area contributed by atoms with Crippen LogP contribution in [-0.4, -0.2) is 24.5 Å². The highest BCUT2D eigenvalue weighted by Gasteiger charge is 2.15. The number of H-pyrrole nitrogens is 1. The van der Waals surface area contributed by atoms with E-state index in [2.05, 4.69) is 14.7 Å². The lowest BCUT2D eigenvalue weighted by atomic mass is 10.3. The van der Waals surface area contributed by atoms with Gasteiger partial charge in [-0.15, -0.1) is 0 Å². The maximum Gasteiger partial charge on any atom is 0.261 e. The van der Waals surface area contributed by atoms with Crippen LogP contribution >= 0.6 is 0 Å². The molecule has 3 aromatic rings. The Bertz CT molecular complexity index is 915. The minimum atomic E-state index is -3.66. The number of hydrogen-bond acceptors (Lipinski definition) is 4. The van der Waals surface area contributed by atoms with E-state index in [1.54, 1.807) is 36.4 Å². The first-order chi connectivity index (χ1) is 10.9. The van der Waals surface area contributed by atoms with Crippen molar-refractivity contribution in [1.29, 1.82) is 0 Å². The molecule has 3 rings (SSSR count). The van der Waals surface area contributed by atoms with E-state index >= 15 is 0 Å². The number of ether oxygens (including phenoxy) is 1. The highest BCUT2D eigenvalue weighted by atomic mass is 32.2. The quantitative estimate of drug-likeness (QED) is 0.752. The Labute approximate surface area is 134 Å². The molecule has 6 nitrogen and oxygen atoms in total. The van der Waals surface area contributed by atoms with Crippen molar-refractivity contribution in [2.75, 3.05) is 4.72 Å². The number of hydrogen-bond donors (Lipinski definition) is 2. The third-order valence-electron chi connectivity index (χ3n) is 3.18. The summed E-state index contributed by atoms with van der Waals surface area (Å²) in [6.07, 6.45) is 1.60. The highest BCUT2D eigenvalue weighted by molar-refractivity contribution is 7.92. The van der Waals surface area contributed by atoms with Gasteiger partial charge in [0.1, 0.15) is 5.75 Å². The van der Waals surface area contributed by atoms with Crippen molar-refractivity contribution in [3.8, 4) is 5.75 Å².